The van der Waals surface area contributed by atoms with Gasteiger partial charge in [-0.25, -0.2) is 0 Å². The van der Waals surface area contributed by atoms with Crippen molar-refractivity contribution in [2.24, 2.45) is 0 Å². The molecule has 0 fully saturated rings. The largest absolute Gasteiger partial charge is 0.469 e. The van der Waals surface area contributed by atoms with Gasteiger partial charge in [-0.1, -0.05) is 23.2 Å². The number of hydrogen-bond acceptors (Lipinski definition) is 2. The highest BCUT2D eigenvalue weighted by atomic mass is 35.5. The van der Waals surface area contributed by atoms with E-state index >= 15 is 0 Å². The average Bonchev–Trinajstić information content (AvgIpc) is 2.68. The first-order valence-electron chi connectivity index (χ1n) is 4.67. The first-order valence-corrected chi connectivity index (χ1v) is 5.42. The van der Waals surface area contributed by atoms with Gasteiger partial charge < -0.3 is 4.42 Å². The standard InChI is InChI=1S/C12H8Cl2O2/c13-9-4-8(5-10(14)6-9)12(15)7-11-2-1-3-16-11/h1-6H,7H2. The highest BCUT2D eigenvalue weighted by Crippen LogP contribution is 2.20. The second kappa shape index (κ2) is 4.73. The average molecular weight is 255 g/mol. The third-order valence-corrected chi connectivity index (χ3v) is 2.54. The predicted molar refractivity (Wildman–Crippen MR) is 63.2 cm³/mol. The molecule has 0 saturated carbocycles. The molecular formula is C12H8Cl2O2. The van der Waals surface area contributed by atoms with E-state index in [0.29, 0.717) is 21.4 Å². The quantitative estimate of drug-likeness (QED) is 0.775. The molecule has 0 unspecified atom stereocenters. The zero-order valence-electron chi connectivity index (χ0n) is 8.24. The molecule has 0 aliphatic rings. The van der Waals surface area contributed by atoms with E-state index < -0.39 is 0 Å². The van der Waals surface area contributed by atoms with Crippen LogP contribution >= 0.6 is 23.2 Å². The zero-order valence-corrected chi connectivity index (χ0v) is 9.76. The van der Waals surface area contributed by atoms with Gasteiger partial charge in [0.15, 0.2) is 5.78 Å². The molecule has 0 saturated heterocycles. The van der Waals surface area contributed by atoms with Crippen molar-refractivity contribution in [3.63, 3.8) is 0 Å². The molecule has 0 bridgehead atoms. The Morgan fingerprint density at radius 2 is 1.88 bits per heavy atom. The van der Waals surface area contributed by atoms with Gasteiger partial charge in [-0.05, 0) is 30.3 Å². The maximum atomic E-state index is 11.8. The SMILES string of the molecule is O=C(Cc1ccco1)c1cc(Cl)cc(Cl)c1. The number of furan rings is 1. The normalized spacial score (nSPS) is 10.4. The van der Waals surface area contributed by atoms with Gasteiger partial charge >= 0.3 is 0 Å². The molecule has 1 heterocycles. The highest BCUT2D eigenvalue weighted by Gasteiger charge is 2.10. The molecule has 0 atom stereocenters. The summed E-state index contributed by atoms with van der Waals surface area (Å²) in [5.74, 6) is 0.556. The molecule has 0 aliphatic carbocycles. The molecule has 0 radical (unpaired) electrons. The second-order valence-electron chi connectivity index (χ2n) is 3.34. The van der Waals surface area contributed by atoms with Crippen molar-refractivity contribution in [2.45, 2.75) is 6.42 Å². The minimum atomic E-state index is -0.0700. The monoisotopic (exact) mass is 254 g/mol. The third-order valence-electron chi connectivity index (χ3n) is 2.10. The van der Waals surface area contributed by atoms with Crippen LogP contribution in [0.2, 0.25) is 10.0 Å². The van der Waals surface area contributed by atoms with Crippen LogP contribution in [0.4, 0.5) is 0 Å². The van der Waals surface area contributed by atoms with Gasteiger partial charge in [-0.3, -0.25) is 4.79 Å². The summed E-state index contributed by atoms with van der Waals surface area (Å²) in [6.07, 6.45) is 1.75. The zero-order chi connectivity index (χ0) is 11.5. The van der Waals surface area contributed by atoms with E-state index in [0.717, 1.165) is 0 Å². The fourth-order valence-corrected chi connectivity index (χ4v) is 1.91. The number of carbonyl (C=O) groups is 1. The lowest BCUT2D eigenvalue weighted by Crippen LogP contribution is -2.02. The molecular weight excluding hydrogens is 247 g/mol. The fraction of sp³-hybridized carbons (Fsp3) is 0.0833. The van der Waals surface area contributed by atoms with Gasteiger partial charge in [0, 0.05) is 15.6 Å². The maximum absolute atomic E-state index is 11.8. The van der Waals surface area contributed by atoms with Gasteiger partial charge in [0.1, 0.15) is 5.76 Å². The first-order chi connectivity index (χ1) is 7.65. The van der Waals surface area contributed by atoms with Gasteiger partial charge in [-0.2, -0.15) is 0 Å². The minimum absolute atomic E-state index is 0.0700. The lowest BCUT2D eigenvalue weighted by molar-refractivity contribution is 0.0987. The van der Waals surface area contributed by atoms with E-state index in [4.69, 9.17) is 27.6 Å². The number of ketones is 1. The van der Waals surface area contributed by atoms with Crippen LogP contribution in [-0.2, 0) is 6.42 Å². The van der Waals surface area contributed by atoms with Gasteiger partial charge in [0.25, 0.3) is 0 Å². The number of hydrogen-bond donors (Lipinski definition) is 0. The smallest absolute Gasteiger partial charge is 0.170 e. The van der Waals surface area contributed by atoms with E-state index in [-0.39, 0.29) is 12.2 Å². The summed E-state index contributed by atoms with van der Waals surface area (Å²) in [4.78, 5) is 11.8. The van der Waals surface area contributed by atoms with Crippen LogP contribution in [0.1, 0.15) is 16.1 Å². The molecule has 0 aliphatic heterocycles. The summed E-state index contributed by atoms with van der Waals surface area (Å²) in [6, 6.07) is 8.28. The molecule has 16 heavy (non-hydrogen) atoms. The second-order valence-corrected chi connectivity index (χ2v) is 4.21. The number of Topliss-reactive ketones (excluding diaryl/α,β-unsaturated/α-hetero) is 1. The lowest BCUT2D eigenvalue weighted by atomic mass is 10.1. The number of carbonyl (C=O) groups excluding carboxylic acids is 1. The summed E-state index contributed by atoms with van der Waals surface area (Å²) in [5, 5.41) is 0.908. The highest BCUT2D eigenvalue weighted by molar-refractivity contribution is 6.35. The Kier molecular flexibility index (Phi) is 3.32. The van der Waals surface area contributed by atoms with Crippen LogP contribution in [0, 0.1) is 0 Å². The Morgan fingerprint density at radius 3 is 2.44 bits per heavy atom. The Bertz CT molecular complexity index is 483. The van der Waals surface area contributed by atoms with Crippen LogP contribution in [0.3, 0.4) is 0 Å². The molecule has 4 heteroatoms. The van der Waals surface area contributed by atoms with Crippen molar-refractivity contribution >= 4 is 29.0 Å². The maximum Gasteiger partial charge on any atom is 0.170 e. The van der Waals surface area contributed by atoms with Crippen LogP contribution in [0.15, 0.2) is 41.0 Å². The molecule has 2 rings (SSSR count). The molecule has 0 amide bonds. The molecule has 0 N–H and O–H groups in total. The van der Waals surface area contributed by atoms with Crippen LogP contribution < -0.4 is 0 Å². The van der Waals surface area contributed by atoms with E-state index in [1.807, 2.05) is 0 Å². The van der Waals surface area contributed by atoms with Gasteiger partial charge in [0.05, 0.1) is 12.7 Å². The Hall–Kier alpha value is -1.25. The summed E-state index contributed by atoms with van der Waals surface area (Å²) in [5.41, 5.74) is 0.494. The van der Waals surface area contributed by atoms with Crippen molar-refractivity contribution < 1.29 is 9.21 Å². The van der Waals surface area contributed by atoms with Crippen LogP contribution in [0.5, 0.6) is 0 Å². The van der Waals surface area contributed by atoms with Crippen molar-refractivity contribution in [2.75, 3.05) is 0 Å². The molecule has 2 aromatic rings. The van der Waals surface area contributed by atoms with E-state index in [9.17, 15) is 4.79 Å². The van der Waals surface area contributed by atoms with E-state index in [2.05, 4.69) is 0 Å². The van der Waals surface area contributed by atoms with Crippen LogP contribution in [0.25, 0.3) is 0 Å². The number of rotatable bonds is 3. The summed E-state index contributed by atoms with van der Waals surface area (Å²) in [7, 11) is 0. The topological polar surface area (TPSA) is 30.2 Å². The number of benzene rings is 1. The van der Waals surface area contributed by atoms with E-state index in [1.165, 1.54) is 6.26 Å². The Balaban J connectivity index is 2.21. The summed E-state index contributed by atoms with van der Waals surface area (Å²) < 4.78 is 5.10. The summed E-state index contributed by atoms with van der Waals surface area (Å²) >= 11 is 11.6. The molecule has 2 nitrogen and oxygen atoms in total. The van der Waals surface area contributed by atoms with E-state index in [1.54, 1.807) is 30.3 Å². The predicted octanol–water partition coefficient (Wildman–Crippen LogP) is 4.01. The van der Waals surface area contributed by atoms with Crippen molar-refractivity contribution in [1.29, 1.82) is 0 Å². The minimum Gasteiger partial charge on any atom is -0.469 e. The van der Waals surface area contributed by atoms with Crippen LogP contribution in [-0.4, -0.2) is 5.78 Å². The third kappa shape index (κ3) is 2.65. The lowest BCUT2D eigenvalue weighted by Gasteiger charge is -2.01. The van der Waals surface area contributed by atoms with Crippen molar-refractivity contribution in [3.05, 3.63) is 58.0 Å². The fourth-order valence-electron chi connectivity index (χ4n) is 1.39. The molecule has 82 valence electrons. The summed E-state index contributed by atoms with van der Waals surface area (Å²) in [6.45, 7) is 0. The Morgan fingerprint density at radius 1 is 1.19 bits per heavy atom. The number of halogens is 2. The van der Waals surface area contributed by atoms with Crippen molar-refractivity contribution in [1.82, 2.24) is 0 Å². The first kappa shape index (κ1) is 11.2. The van der Waals surface area contributed by atoms with Gasteiger partial charge in [-0.15, -0.1) is 0 Å². The Labute approximate surface area is 103 Å². The van der Waals surface area contributed by atoms with Crippen molar-refractivity contribution in [3.8, 4) is 0 Å². The molecule has 1 aromatic heterocycles. The van der Waals surface area contributed by atoms with Gasteiger partial charge in [0.2, 0.25) is 0 Å². The molecule has 1 aromatic carbocycles. The molecule has 0 spiro atoms.